The number of nitrogens with two attached hydrogens (primary N) is 1. The minimum absolute atomic E-state index is 0.0214. The van der Waals surface area contributed by atoms with E-state index in [0.29, 0.717) is 47.5 Å². The monoisotopic (exact) mass is 526 g/mol. The summed E-state index contributed by atoms with van der Waals surface area (Å²) in [6.45, 7) is 0.931. The average Bonchev–Trinajstić information content (AvgIpc) is 3.54. The van der Waals surface area contributed by atoms with E-state index in [-0.39, 0.29) is 28.0 Å². The summed E-state index contributed by atoms with van der Waals surface area (Å²) >= 11 is 12.3. The molecule has 0 aliphatic carbocycles. The molecule has 0 spiro atoms. The van der Waals surface area contributed by atoms with Crippen LogP contribution in [0.4, 0.5) is 24.8 Å². The van der Waals surface area contributed by atoms with Crippen LogP contribution >= 0.6 is 23.2 Å². The maximum Gasteiger partial charge on any atom is 0.424 e. The fourth-order valence-electron chi connectivity index (χ4n) is 4.08. The second-order valence-electron chi connectivity index (χ2n) is 8.00. The Balaban J connectivity index is 1.32. The van der Waals surface area contributed by atoms with Crippen molar-refractivity contribution in [3.05, 3.63) is 45.6 Å². The van der Waals surface area contributed by atoms with Gasteiger partial charge in [-0.1, -0.05) is 34.4 Å². The zero-order chi connectivity index (χ0) is 25.0. The number of anilines is 2. The highest BCUT2D eigenvalue weighted by Crippen LogP contribution is 2.44. The Labute approximate surface area is 204 Å². The van der Waals surface area contributed by atoms with E-state index in [0.717, 1.165) is 12.1 Å². The number of amides is 1. The highest BCUT2D eigenvalue weighted by Gasteiger charge is 2.58. The maximum atomic E-state index is 13.7. The fraction of sp³-hybridized carbons (Fsp3) is 0.300. The number of nitrogens with one attached hydrogen (secondary N) is 1. The first kappa shape index (κ1) is 23.3. The quantitative estimate of drug-likeness (QED) is 0.519. The lowest BCUT2D eigenvalue weighted by molar-refractivity contribution is -0.166. The number of carbonyl (C=O) groups is 1. The minimum Gasteiger partial charge on any atom is -0.380 e. The Kier molecular flexibility index (Phi) is 5.55. The smallest absolute Gasteiger partial charge is 0.380 e. The number of nitrogen functional groups attached to an aromatic ring is 1. The Morgan fingerprint density at radius 2 is 2.09 bits per heavy atom. The van der Waals surface area contributed by atoms with Gasteiger partial charge in [-0.2, -0.15) is 13.2 Å². The SMILES string of the molecule is Nc1noc2c(N3CC[C@@H](NC(=O)c4ccc([C@]5(C(F)(F)F)C=NN=N5)cc4Cl)C3)ncc(Cl)c12. The normalized spacial score (nSPS) is 21.9. The number of hydrogen-bond acceptors (Lipinski definition) is 9. The number of halogens is 5. The van der Waals surface area contributed by atoms with Crippen molar-refractivity contribution in [3.63, 3.8) is 0 Å². The second kappa shape index (κ2) is 8.34. The van der Waals surface area contributed by atoms with Crippen molar-refractivity contribution in [2.75, 3.05) is 23.7 Å². The Morgan fingerprint density at radius 3 is 2.77 bits per heavy atom. The van der Waals surface area contributed by atoms with Crippen molar-refractivity contribution >= 4 is 57.9 Å². The summed E-state index contributed by atoms with van der Waals surface area (Å²) in [6, 6.07) is 3.11. The van der Waals surface area contributed by atoms with Crippen molar-refractivity contribution in [2.24, 2.45) is 15.4 Å². The second-order valence-corrected chi connectivity index (χ2v) is 8.81. The van der Waals surface area contributed by atoms with Gasteiger partial charge in [-0.25, -0.2) is 4.98 Å². The number of rotatable bonds is 4. The number of pyridine rings is 1. The summed E-state index contributed by atoms with van der Waals surface area (Å²) in [5, 5.41) is 16.8. The first-order valence-corrected chi connectivity index (χ1v) is 10.9. The fourth-order valence-corrected chi connectivity index (χ4v) is 4.58. The Morgan fingerprint density at radius 1 is 1.29 bits per heavy atom. The van der Waals surface area contributed by atoms with E-state index < -0.39 is 17.6 Å². The number of fused-ring (bicyclic) bond motifs is 1. The molecule has 1 fully saturated rings. The van der Waals surface area contributed by atoms with Crippen LogP contribution in [0.5, 0.6) is 0 Å². The lowest BCUT2D eigenvalue weighted by atomic mass is 9.90. The van der Waals surface area contributed by atoms with Crippen molar-refractivity contribution in [2.45, 2.75) is 24.2 Å². The number of nitrogens with zero attached hydrogens (tertiary/aromatic N) is 6. The van der Waals surface area contributed by atoms with Gasteiger partial charge in [0.05, 0.1) is 27.2 Å². The van der Waals surface area contributed by atoms with Crippen molar-refractivity contribution in [1.82, 2.24) is 15.5 Å². The van der Waals surface area contributed by atoms with Crippen LogP contribution in [-0.2, 0) is 5.54 Å². The number of hydrogen-bond donors (Lipinski definition) is 2. The standard InChI is InChI=1S/C20H15Cl2F3N8O2/c21-12-5-9(19(20(23,24)25)8-28-32-31-19)1-2-11(12)18(34)29-10-3-4-33(7-10)17-15-14(13(22)6-27-17)16(26)30-35-15/h1-2,5-6,8,10H,3-4,7H2,(H2,26,30)(H,29,34)/t10-,19+/m1/s1. The van der Waals surface area contributed by atoms with Gasteiger partial charge < -0.3 is 20.5 Å². The molecule has 0 bridgehead atoms. The van der Waals surface area contributed by atoms with E-state index in [1.807, 2.05) is 4.90 Å². The van der Waals surface area contributed by atoms with Crippen LogP contribution in [0.15, 0.2) is 44.4 Å². The van der Waals surface area contributed by atoms with Crippen LogP contribution in [0.1, 0.15) is 22.3 Å². The molecule has 3 N–H and O–H groups in total. The van der Waals surface area contributed by atoms with Gasteiger partial charge >= 0.3 is 6.18 Å². The third-order valence-electron chi connectivity index (χ3n) is 5.87. The van der Waals surface area contributed by atoms with E-state index in [2.05, 4.69) is 30.9 Å². The van der Waals surface area contributed by atoms with Crippen molar-refractivity contribution in [3.8, 4) is 0 Å². The summed E-state index contributed by atoms with van der Waals surface area (Å²) < 4.78 is 46.3. The first-order valence-electron chi connectivity index (χ1n) is 10.2. The molecule has 0 radical (unpaired) electrons. The van der Waals surface area contributed by atoms with Gasteiger partial charge in [0.15, 0.2) is 11.6 Å². The molecule has 3 aromatic rings. The maximum absolute atomic E-state index is 13.7. The zero-order valence-electron chi connectivity index (χ0n) is 17.6. The molecule has 0 saturated carbocycles. The molecular formula is C20H15Cl2F3N8O2. The molecule has 2 aliphatic heterocycles. The van der Waals surface area contributed by atoms with Gasteiger partial charge in [0.25, 0.3) is 5.91 Å². The molecule has 2 atom stereocenters. The number of alkyl halides is 3. The molecule has 4 heterocycles. The van der Waals surface area contributed by atoms with Gasteiger partial charge in [0.1, 0.15) is 0 Å². The van der Waals surface area contributed by atoms with Crippen LogP contribution in [0.2, 0.25) is 10.0 Å². The van der Waals surface area contributed by atoms with Gasteiger partial charge in [-0.05, 0) is 29.3 Å². The molecule has 15 heteroatoms. The summed E-state index contributed by atoms with van der Waals surface area (Å²) in [7, 11) is 0. The van der Waals surface area contributed by atoms with E-state index >= 15 is 0 Å². The Bertz CT molecular complexity index is 1380. The van der Waals surface area contributed by atoms with E-state index in [9.17, 15) is 18.0 Å². The number of aromatic nitrogens is 2. The predicted octanol–water partition coefficient (Wildman–Crippen LogP) is 4.33. The van der Waals surface area contributed by atoms with Gasteiger partial charge in [-0.15, -0.1) is 10.2 Å². The van der Waals surface area contributed by atoms with Crippen molar-refractivity contribution in [1.29, 1.82) is 0 Å². The lowest BCUT2D eigenvalue weighted by Crippen LogP contribution is -2.41. The molecule has 2 aliphatic rings. The zero-order valence-corrected chi connectivity index (χ0v) is 19.1. The predicted molar refractivity (Wildman–Crippen MR) is 122 cm³/mol. The largest absolute Gasteiger partial charge is 0.424 e. The van der Waals surface area contributed by atoms with Gasteiger partial charge in [-0.3, -0.25) is 4.79 Å². The third-order valence-corrected chi connectivity index (χ3v) is 6.47. The third kappa shape index (κ3) is 3.84. The van der Waals surface area contributed by atoms with Crippen LogP contribution in [0, 0.1) is 0 Å². The van der Waals surface area contributed by atoms with Crippen LogP contribution in [-0.4, -0.2) is 47.6 Å². The summed E-state index contributed by atoms with van der Waals surface area (Å²) in [6.07, 6.45) is -2.17. The topological polar surface area (TPSA) is 134 Å². The van der Waals surface area contributed by atoms with Crippen LogP contribution in [0.25, 0.3) is 11.0 Å². The highest BCUT2D eigenvalue weighted by atomic mass is 35.5. The molecule has 182 valence electrons. The molecule has 35 heavy (non-hydrogen) atoms. The summed E-state index contributed by atoms with van der Waals surface area (Å²) in [4.78, 5) is 19.1. The van der Waals surface area contributed by atoms with E-state index in [1.165, 1.54) is 12.3 Å². The van der Waals surface area contributed by atoms with E-state index in [1.54, 1.807) is 0 Å². The van der Waals surface area contributed by atoms with Crippen LogP contribution in [0.3, 0.4) is 0 Å². The number of carbonyl (C=O) groups excluding carboxylic acids is 1. The Hall–Kier alpha value is -3.45. The first-order chi connectivity index (χ1) is 16.6. The molecule has 2 aromatic heterocycles. The number of benzene rings is 1. The molecule has 1 saturated heterocycles. The highest BCUT2D eigenvalue weighted by molar-refractivity contribution is 6.36. The van der Waals surface area contributed by atoms with Gasteiger partial charge in [0.2, 0.25) is 11.1 Å². The molecule has 10 nitrogen and oxygen atoms in total. The molecular weight excluding hydrogens is 512 g/mol. The molecule has 1 amide bonds. The van der Waals surface area contributed by atoms with E-state index in [4.69, 9.17) is 33.5 Å². The molecule has 5 rings (SSSR count). The molecule has 1 aromatic carbocycles. The summed E-state index contributed by atoms with van der Waals surface area (Å²) in [5.41, 5.74) is 3.14. The summed E-state index contributed by atoms with van der Waals surface area (Å²) in [5.74, 6) is 0.0975. The lowest BCUT2D eigenvalue weighted by Gasteiger charge is -2.25. The van der Waals surface area contributed by atoms with Crippen molar-refractivity contribution < 1.29 is 22.5 Å². The van der Waals surface area contributed by atoms with Gasteiger partial charge in [0, 0.05) is 25.3 Å². The average molecular weight is 527 g/mol. The van der Waals surface area contributed by atoms with Crippen LogP contribution < -0.4 is 16.0 Å². The molecule has 0 unspecified atom stereocenters. The minimum atomic E-state index is -4.79.